The van der Waals surface area contributed by atoms with E-state index in [9.17, 15) is 4.39 Å². The minimum absolute atomic E-state index is 0.231. The predicted octanol–water partition coefficient (Wildman–Crippen LogP) is 1.86. The summed E-state index contributed by atoms with van der Waals surface area (Å²) in [5.41, 5.74) is 0. The van der Waals surface area contributed by atoms with Crippen LogP contribution in [0.25, 0.3) is 0 Å². The number of aromatic nitrogens is 1. The lowest BCUT2D eigenvalue weighted by molar-refractivity contribution is 0.163. The van der Waals surface area contributed by atoms with Gasteiger partial charge in [-0.25, -0.2) is 9.37 Å². The van der Waals surface area contributed by atoms with Gasteiger partial charge < -0.3 is 15.0 Å². The Bertz CT molecular complexity index is 351. The molecule has 6 heteroatoms. The monoisotopic (exact) mass is 261 g/mol. The number of pyridine rings is 1. The molecule has 0 aliphatic rings. The highest BCUT2D eigenvalue weighted by Gasteiger charge is 2.04. The molecule has 1 heterocycles. The molecule has 0 radical (unpaired) electrons. The lowest BCUT2D eigenvalue weighted by Gasteiger charge is -2.16. The number of halogens is 2. The molecule has 0 fully saturated rings. The normalized spacial score (nSPS) is 10.9. The maximum absolute atomic E-state index is 13.3. The minimum Gasteiger partial charge on any atom is -0.383 e. The van der Waals surface area contributed by atoms with Crippen LogP contribution in [0, 0.1) is 5.82 Å². The van der Waals surface area contributed by atoms with Crippen molar-refractivity contribution in [2.75, 3.05) is 45.7 Å². The van der Waals surface area contributed by atoms with Crippen molar-refractivity contribution in [1.29, 1.82) is 0 Å². The lowest BCUT2D eigenvalue weighted by atomic mass is 10.4. The number of rotatable bonds is 7. The molecule has 0 saturated carbocycles. The Kier molecular flexibility index (Phi) is 6.18. The third-order valence-electron chi connectivity index (χ3n) is 2.27. The summed E-state index contributed by atoms with van der Waals surface area (Å²) in [4.78, 5) is 5.96. The minimum atomic E-state index is -0.433. The number of ether oxygens (including phenoxy) is 1. The zero-order valence-corrected chi connectivity index (χ0v) is 10.8. The number of hydrogen-bond acceptors (Lipinski definition) is 4. The summed E-state index contributed by atoms with van der Waals surface area (Å²) in [5.74, 6) is -0.202. The highest BCUT2D eigenvalue weighted by Crippen LogP contribution is 2.14. The van der Waals surface area contributed by atoms with E-state index in [1.165, 1.54) is 12.3 Å². The second kappa shape index (κ2) is 7.42. The standard InChI is InChI=1S/C11H17ClFN3O/c1-16(5-6-17-2)4-3-14-11-10(13)7-9(12)8-15-11/h7-8H,3-6H2,1-2H3,(H,14,15). The SMILES string of the molecule is COCCN(C)CCNc1ncc(Cl)cc1F. The molecule has 0 aliphatic carbocycles. The van der Waals surface area contributed by atoms with Crippen LogP contribution < -0.4 is 5.32 Å². The van der Waals surface area contributed by atoms with Crippen molar-refractivity contribution in [1.82, 2.24) is 9.88 Å². The first-order valence-corrected chi connectivity index (χ1v) is 5.73. The largest absolute Gasteiger partial charge is 0.383 e. The quantitative estimate of drug-likeness (QED) is 0.813. The molecule has 0 saturated heterocycles. The fraction of sp³-hybridized carbons (Fsp3) is 0.545. The van der Waals surface area contributed by atoms with E-state index in [-0.39, 0.29) is 5.82 Å². The second-order valence-electron chi connectivity index (χ2n) is 3.71. The number of methoxy groups -OCH3 is 1. The Morgan fingerprint density at radius 2 is 2.29 bits per heavy atom. The van der Waals surface area contributed by atoms with Crippen LogP contribution in [0.5, 0.6) is 0 Å². The van der Waals surface area contributed by atoms with Crippen LogP contribution in [0.3, 0.4) is 0 Å². The average Bonchev–Trinajstić information content (AvgIpc) is 2.29. The van der Waals surface area contributed by atoms with Crippen LogP contribution in [0.4, 0.5) is 10.2 Å². The third-order valence-corrected chi connectivity index (χ3v) is 2.48. The fourth-order valence-electron chi connectivity index (χ4n) is 1.27. The van der Waals surface area contributed by atoms with E-state index >= 15 is 0 Å². The van der Waals surface area contributed by atoms with Crippen molar-refractivity contribution in [3.05, 3.63) is 23.1 Å². The number of hydrogen-bond donors (Lipinski definition) is 1. The molecule has 0 atom stereocenters. The first-order valence-electron chi connectivity index (χ1n) is 5.36. The third kappa shape index (κ3) is 5.30. The van der Waals surface area contributed by atoms with Crippen molar-refractivity contribution in [2.24, 2.45) is 0 Å². The number of likely N-dealkylation sites (N-methyl/N-ethyl adjacent to an activating group) is 1. The van der Waals surface area contributed by atoms with E-state index in [1.54, 1.807) is 7.11 Å². The Hall–Kier alpha value is -0.910. The number of nitrogens with zero attached hydrogens (tertiary/aromatic N) is 2. The maximum Gasteiger partial charge on any atom is 0.166 e. The van der Waals surface area contributed by atoms with E-state index < -0.39 is 5.82 Å². The van der Waals surface area contributed by atoms with Crippen molar-refractivity contribution in [3.8, 4) is 0 Å². The zero-order valence-electron chi connectivity index (χ0n) is 10.0. The average molecular weight is 262 g/mol. The van der Waals surface area contributed by atoms with Gasteiger partial charge in [0.1, 0.15) is 0 Å². The molecule has 96 valence electrons. The summed E-state index contributed by atoms with van der Waals surface area (Å²) < 4.78 is 18.3. The van der Waals surface area contributed by atoms with E-state index in [4.69, 9.17) is 16.3 Å². The van der Waals surface area contributed by atoms with Gasteiger partial charge in [-0.3, -0.25) is 0 Å². The molecule has 1 aromatic heterocycles. The van der Waals surface area contributed by atoms with E-state index in [1.807, 2.05) is 7.05 Å². The summed E-state index contributed by atoms with van der Waals surface area (Å²) in [6.07, 6.45) is 1.42. The van der Waals surface area contributed by atoms with Gasteiger partial charge in [0.05, 0.1) is 11.6 Å². The fourth-order valence-corrected chi connectivity index (χ4v) is 1.41. The molecule has 4 nitrogen and oxygen atoms in total. The maximum atomic E-state index is 13.3. The Labute approximate surface area is 106 Å². The molecule has 0 amide bonds. The summed E-state index contributed by atoms with van der Waals surface area (Å²) in [6, 6.07) is 1.24. The van der Waals surface area contributed by atoms with Gasteiger partial charge in [-0.1, -0.05) is 11.6 Å². The Morgan fingerprint density at radius 3 is 2.94 bits per heavy atom. The van der Waals surface area contributed by atoms with E-state index in [2.05, 4.69) is 15.2 Å². The van der Waals surface area contributed by atoms with Gasteiger partial charge in [0.15, 0.2) is 11.6 Å². The van der Waals surface area contributed by atoms with Gasteiger partial charge in [0, 0.05) is 32.9 Å². The Balaban J connectivity index is 2.30. The molecule has 0 unspecified atom stereocenters. The highest BCUT2D eigenvalue weighted by molar-refractivity contribution is 6.30. The van der Waals surface area contributed by atoms with Gasteiger partial charge in [0.2, 0.25) is 0 Å². The summed E-state index contributed by atoms with van der Waals surface area (Å²) >= 11 is 5.61. The van der Waals surface area contributed by atoms with Gasteiger partial charge in [-0.05, 0) is 13.1 Å². The predicted molar refractivity (Wildman–Crippen MR) is 67.1 cm³/mol. The van der Waals surface area contributed by atoms with Crippen LogP contribution in [-0.2, 0) is 4.74 Å². The van der Waals surface area contributed by atoms with Crippen LogP contribution >= 0.6 is 11.6 Å². The van der Waals surface area contributed by atoms with Gasteiger partial charge in [-0.15, -0.1) is 0 Å². The summed E-state index contributed by atoms with van der Waals surface area (Å²) in [7, 11) is 3.64. The second-order valence-corrected chi connectivity index (χ2v) is 4.14. The van der Waals surface area contributed by atoms with Crippen molar-refractivity contribution >= 4 is 17.4 Å². The Morgan fingerprint density at radius 1 is 1.53 bits per heavy atom. The molecular weight excluding hydrogens is 245 g/mol. The number of anilines is 1. The zero-order chi connectivity index (χ0) is 12.7. The molecule has 1 rings (SSSR count). The molecular formula is C11H17ClFN3O. The topological polar surface area (TPSA) is 37.4 Å². The smallest absolute Gasteiger partial charge is 0.166 e. The summed E-state index contributed by atoms with van der Waals surface area (Å²) in [6.45, 7) is 2.93. The molecule has 0 bridgehead atoms. The van der Waals surface area contributed by atoms with Gasteiger partial charge in [-0.2, -0.15) is 0 Å². The van der Waals surface area contributed by atoms with Crippen LogP contribution in [-0.4, -0.2) is 50.3 Å². The van der Waals surface area contributed by atoms with Crippen LogP contribution in [0.2, 0.25) is 5.02 Å². The molecule has 1 N–H and O–H groups in total. The van der Waals surface area contributed by atoms with Crippen molar-refractivity contribution in [2.45, 2.75) is 0 Å². The van der Waals surface area contributed by atoms with Gasteiger partial charge in [0.25, 0.3) is 0 Å². The highest BCUT2D eigenvalue weighted by atomic mass is 35.5. The van der Waals surface area contributed by atoms with Crippen molar-refractivity contribution < 1.29 is 9.13 Å². The molecule has 0 aliphatic heterocycles. The summed E-state index contributed by atoms with van der Waals surface area (Å²) in [5, 5.41) is 3.22. The first kappa shape index (κ1) is 14.2. The van der Waals surface area contributed by atoms with Crippen molar-refractivity contribution in [3.63, 3.8) is 0 Å². The lowest BCUT2D eigenvalue weighted by Crippen LogP contribution is -2.28. The van der Waals surface area contributed by atoms with Crippen LogP contribution in [0.15, 0.2) is 12.3 Å². The molecule has 17 heavy (non-hydrogen) atoms. The molecule has 1 aromatic rings. The van der Waals surface area contributed by atoms with E-state index in [0.29, 0.717) is 18.2 Å². The number of nitrogens with one attached hydrogen (secondary N) is 1. The molecule has 0 aromatic carbocycles. The van der Waals surface area contributed by atoms with E-state index in [0.717, 1.165) is 13.1 Å². The molecule has 0 spiro atoms. The van der Waals surface area contributed by atoms with Crippen LogP contribution in [0.1, 0.15) is 0 Å². The van der Waals surface area contributed by atoms with Gasteiger partial charge >= 0.3 is 0 Å². The first-order chi connectivity index (χ1) is 8.13.